The maximum atomic E-state index is 11.0. The van der Waals surface area contributed by atoms with Crippen LogP contribution in [0.5, 0.6) is 0 Å². The van der Waals surface area contributed by atoms with Gasteiger partial charge in [-0.15, -0.1) is 0 Å². The van der Waals surface area contributed by atoms with Crippen LogP contribution in [0, 0.1) is 0 Å². The van der Waals surface area contributed by atoms with Gasteiger partial charge in [0.2, 0.25) is 0 Å². The van der Waals surface area contributed by atoms with E-state index in [2.05, 4.69) is 6.92 Å². The Morgan fingerprint density at radius 3 is 2.50 bits per heavy atom. The molecule has 70 valence electrons. The molecule has 0 aliphatic heterocycles. The lowest BCUT2D eigenvalue weighted by Gasteiger charge is -2.09. The van der Waals surface area contributed by atoms with Crippen LogP contribution in [0.4, 0.5) is 0 Å². The lowest BCUT2D eigenvalue weighted by atomic mass is 10.2. The fraction of sp³-hybridized carbons (Fsp3) is 0.700. The van der Waals surface area contributed by atoms with E-state index in [0.29, 0.717) is 0 Å². The van der Waals surface area contributed by atoms with Crippen molar-refractivity contribution in [2.75, 3.05) is 0 Å². The van der Waals surface area contributed by atoms with Crippen LogP contribution in [0.3, 0.4) is 0 Å². The van der Waals surface area contributed by atoms with E-state index in [1.54, 1.807) is 0 Å². The normalized spacial score (nSPS) is 12.0. The van der Waals surface area contributed by atoms with Crippen molar-refractivity contribution in [3.05, 3.63) is 11.6 Å². The van der Waals surface area contributed by atoms with Gasteiger partial charge in [-0.3, -0.25) is 0 Å². The van der Waals surface area contributed by atoms with Crippen molar-refractivity contribution in [3.8, 4) is 0 Å². The van der Waals surface area contributed by atoms with Crippen LogP contribution in [0.15, 0.2) is 11.6 Å². The highest BCUT2D eigenvalue weighted by molar-refractivity contribution is 5.82. The molecule has 0 N–H and O–H groups in total. The van der Waals surface area contributed by atoms with Crippen molar-refractivity contribution >= 4 is 5.97 Å². The molecule has 0 aromatic rings. The molecule has 12 heavy (non-hydrogen) atoms. The molecule has 0 radical (unpaired) electrons. The Bertz CT molecular complexity index is 167. The molecule has 0 fully saturated rings. The largest absolute Gasteiger partial charge is 0.460 e. The molecular formula is C10H18O2. The van der Waals surface area contributed by atoms with E-state index in [9.17, 15) is 4.79 Å². The summed E-state index contributed by atoms with van der Waals surface area (Å²) in [5, 5.41) is 0. The molecule has 2 heteroatoms. The van der Waals surface area contributed by atoms with Gasteiger partial charge in [0.05, 0.1) is 6.10 Å². The smallest absolute Gasteiger partial charge is 0.330 e. The van der Waals surface area contributed by atoms with Crippen LogP contribution in [0.2, 0.25) is 0 Å². The predicted octanol–water partition coefficient (Wildman–Crippen LogP) is 2.68. The van der Waals surface area contributed by atoms with Crippen LogP contribution in [-0.4, -0.2) is 12.1 Å². The quantitative estimate of drug-likeness (QED) is 0.479. The Morgan fingerprint density at radius 1 is 1.50 bits per heavy atom. The summed E-state index contributed by atoms with van der Waals surface area (Å²) < 4.78 is 5.09. The number of carbonyl (C=O) groups excluding carboxylic acids is 1. The van der Waals surface area contributed by atoms with Crippen molar-refractivity contribution < 1.29 is 9.53 Å². The zero-order valence-corrected chi connectivity index (χ0v) is 8.39. The van der Waals surface area contributed by atoms with Gasteiger partial charge >= 0.3 is 5.97 Å². The number of ether oxygens (including phenoxy) is 1. The second-order valence-electron chi connectivity index (χ2n) is 3.26. The molecule has 0 rings (SSSR count). The van der Waals surface area contributed by atoms with E-state index in [1.807, 2.05) is 20.8 Å². The van der Waals surface area contributed by atoms with Gasteiger partial charge in [-0.2, -0.15) is 0 Å². The van der Waals surface area contributed by atoms with Crippen LogP contribution >= 0.6 is 0 Å². The molecule has 0 bridgehead atoms. The summed E-state index contributed by atoms with van der Waals surface area (Å²) in [4.78, 5) is 11.0. The summed E-state index contributed by atoms with van der Waals surface area (Å²) in [6, 6.07) is 0. The maximum absolute atomic E-state index is 11.0. The number of hydrogen-bond acceptors (Lipinski definition) is 2. The van der Waals surface area contributed by atoms with Gasteiger partial charge in [-0.25, -0.2) is 4.79 Å². The second-order valence-corrected chi connectivity index (χ2v) is 3.26. The monoisotopic (exact) mass is 170 g/mol. The standard InChI is InChI=1S/C10H18O2/c1-5-6-9(4)12-10(11)7-8(2)3/h7,9H,5-6H2,1-4H3. The summed E-state index contributed by atoms with van der Waals surface area (Å²) >= 11 is 0. The highest BCUT2D eigenvalue weighted by Crippen LogP contribution is 2.02. The van der Waals surface area contributed by atoms with Gasteiger partial charge in [0.25, 0.3) is 0 Å². The number of rotatable bonds is 4. The first-order chi connectivity index (χ1) is 5.56. The Morgan fingerprint density at radius 2 is 2.08 bits per heavy atom. The van der Waals surface area contributed by atoms with Crippen LogP contribution < -0.4 is 0 Å². The minimum absolute atomic E-state index is 0.0399. The Kier molecular flexibility index (Phi) is 5.43. The average Bonchev–Trinajstić information content (AvgIpc) is 1.84. The molecule has 2 nitrogen and oxygen atoms in total. The fourth-order valence-corrected chi connectivity index (χ4v) is 0.933. The maximum Gasteiger partial charge on any atom is 0.330 e. The number of hydrogen-bond donors (Lipinski definition) is 0. The molecule has 0 aromatic heterocycles. The van der Waals surface area contributed by atoms with E-state index in [4.69, 9.17) is 4.74 Å². The van der Waals surface area contributed by atoms with Gasteiger partial charge in [0.15, 0.2) is 0 Å². The minimum Gasteiger partial charge on any atom is -0.460 e. The summed E-state index contributed by atoms with van der Waals surface area (Å²) in [6.45, 7) is 7.75. The van der Waals surface area contributed by atoms with E-state index in [-0.39, 0.29) is 12.1 Å². The second kappa shape index (κ2) is 5.81. The summed E-state index contributed by atoms with van der Waals surface area (Å²) in [5.41, 5.74) is 0.976. The Balaban J connectivity index is 3.77. The molecule has 0 aromatic carbocycles. The van der Waals surface area contributed by atoms with Crippen molar-refractivity contribution in [2.45, 2.75) is 46.6 Å². The minimum atomic E-state index is -0.226. The van der Waals surface area contributed by atoms with Gasteiger partial charge in [-0.1, -0.05) is 18.9 Å². The molecule has 0 spiro atoms. The topological polar surface area (TPSA) is 26.3 Å². The Labute approximate surface area is 74.6 Å². The van der Waals surface area contributed by atoms with Crippen molar-refractivity contribution in [1.29, 1.82) is 0 Å². The van der Waals surface area contributed by atoms with Crippen molar-refractivity contribution in [1.82, 2.24) is 0 Å². The third-order valence-electron chi connectivity index (χ3n) is 1.42. The van der Waals surface area contributed by atoms with E-state index < -0.39 is 0 Å². The summed E-state index contributed by atoms with van der Waals surface area (Å²) in [7, 11) is 0. The number of allylic oxidation sites excluding steroid dienone is 1. The summed E-state index contributed by atoms with van der Waals surface area (Å²) in [6.07, 6.45) is 3.54. The molecule has 0 aliphatic rings. The first-order valence-corrected chi connectivity index (χ1v) is 4.41. The molecule has 0 saturated heterocycles. The van der Waals surface area contributed by atoms with Gasteiger partial charge < -0.3 is 4.74 Å². The van der Waals surface area contributed by atoms with Gasteiger partial charge in [-0.05, 0) is 27.2 Å². The zero-order valence-electron chi connectivity index (χ0n) is 8.39. The third-order valence-corrected chi connectivity index (χ3v) is 1.42. The molecule has 0 amide bonds. The molecule has 1 unspecified atom stereocenters. The highest BCUT2D eigenvalue weighted by Gasteiger charge is 2.04. The first-order valence-electron chi connectivity index (χ1n) is 4.41. The Hall–Kier alpha value is -0.790. The van der Waals surface area contributed by atoms with Crippen LogP contribution in [0.25, 0.3) is 0 Å². The molecule has 0 saturated carbocycles. The van der Waals surface area contributed by atoms with Crippen LogP contribution in [0.1, 0.15) is 40.5 Å². The molecular weight excluding hydrogens is 152 g/mol. The fourth-order valence-electron chi connectivity index (χ4n) is 0.933. The van der Waals surface area contributed by atoms with Crippen molar-refractivity contribution in [2.24, 2.45) is 0 Å². The van der Waals surface area contributed by atoms with Gasteiger partial charge in [0.1, 0.15) is 0 Å². The molecule has 0 aliphatic carbocycles. The number of esters is 1. The van der Waals surface area contributed by atoms with Crippen LogP contribution in [-0.2, 0) is 9.53 Å². The summed E-state index contributed by atoms with van der Waals surface area (Å²) in [5.74, 6) is -0.226. The van der Waals surface area contributed by atoms with E-state index in [0.717, 1.165) is 18.4 Å². The third kappa shape index (κ3) is 5.96. The predicted molar refractivity (Wildman–Crippen MR) is 49.9 cm³/mol. The lowest BCUT2D eigenvalue weighted by molar-refractivity contribution is -0.142. The lowest BCUT2D eigenvalue weighted by Crippen LogP contribution is -2.12. The highest BCUT2D eigenvalue weighted by atomic mass is 16.5. The average molecular weight is 170 g/mol. The van der Waals surface area contributed by atoms with E-state index in [1.165, 1.54) is 6.08 Å². The van der Waals surface area contributed by atoms with Gasteiger partial charge in [0, 0.05) is 6.08 Å². The molecule has 1 atom stereocenters. The number of carbonyl (C=O) groups is 1. The zero-order chi connectivity index (χ0) is 9.56. The molecule has 0 heterocycles. The SMILES string of the molecule is CCCC(C)OC(=O)C=C(C)C. The van der Waals surface area contributed by atoms with E-state index >= 15 is 0 Å². The first kappa shape index (κ1) is 11.2. The van der Waals surface area contributed by atoms with Crippen molar-refractivity contribution in [3.63, 3.8) is 0 Å².